The van der Waals surface area contributed by atoms with Crippen molar-refractivity contribution in [1.29, 1.82) is 0 Å². The number of halogens is 1. The van der Waals surface area contributed by atoms with Gasteiger partial charge in [0.2, 0.25) is 0 Å². The number of hydrogen-bond acceptors (Lipinski definition) is 3. The fourth-order valence-electron chi connectivity index (χ4n) is 1.68. The number of carboxylic acids is 1. The third-order valence-corrected chi connectivity index (χ3v) is 3.32. The molecule has 0 bridgehead atoms. The number of carboxylic acid groups (broad SMARTS) is 1. The molecule has 1 N–H and O–H groups in total. The molecule has 5 heteroatoms. The Kier molecular flexibility index (Phi) is 6.15. The van der Waals surface area contributed by atoms with E-state index < -0.39 is 5.97 Å². The second kappa shape index (κ2) is 7.38. The van der Waals surface area contributed by atoms with Crippen molar-refractivity contribution in [3.05, 3.63) is 35.1 Å². The Morgan fingerprint density at radius 3 is 2.83 bits per heavy atom. The molecule has 3 nitrogen and oxygen atoms in total. The lowest BCUT2D eigenvalue weighted by Crippen LogP contribution is -2.20. The summed E-state index contributed by atoms with van der Waals surface area (Å²) in [6, 6.07) is 3.91. The quantitative estimate of drug-likeness (QED) is 0.774. The van der Waals surface area contributed by atoms with Gasteiger partial charge in [-0.25, -0.2) is 9.18 Å². The minimum Gasteiger partial charge on any atom is -0.478 e. The predicted molar refractivity (Wildman–Crippen MR) is 72.7 cm³/mol. The Hall–Kier alpha value is -1.07. The summed E-state index contributed by atoms with van der Waals surface area (Å²) >= 11 is 1.78. The smallest absolute Gasteiger partial charge is 0.335 e. The molecule has 0 aliphatic heterocycles. The molecule has 0 fully saturated rings. The Morgan fingerprint density at radius 1 is 1.50 bits per heavy atom. The highest BCUT2D eigenvalue weighted by atomic mass is 32.2. The second-order valence-electron chi connectivity index (χ2n) is 4.20. The van der Waals surface area contributed by atoms with Crippen molar-refractivity contribution in [3.63, 3.8) is 0 Å². The molecule has 1 aromatic carbocycles. The van der Waals surface area contributed by atoms with Gasteiger partial charge in [0, 0.05) is 12.1 Å². The third-order valence-electron chi connectivity index (χ3n) is 2.62. The van der Waals surface area contributed by atoms with Crippen LogP contribution in [0.3, 0.4) is 0 Å². The Bertz CT molecular complexity index is 412. The van der Waals surface area contributed by atoms with Crippen molar-refractivity contribution in [2.75, 3.05) is 25.6 Å². The van der Waals surface area contributed by atoms with E-state index in [1.165, 1.54) is 18.2 Å². The van der Waals surface area contributed by atoms with Crippen LogP contribution in [0.5, 0.6) is 0 Å². The van der Waals surface area contributed by atoms with Gasteiger partial charge in [-0.15, -0.1) is 0 Å². The number of hydrogen-bond donors (Lipinski definition) is 1. The first-order chi connectivity index (χ1) is 8.54. The molecular formula is C13H18FNO2S. The topological polar surface area (TPSA) is 40.5 Å². The lowest BCUT2D eigenvalue weighted by molar-refractivity contribution is 0.0696. The van der Waals surface area contributed by atoms with Crippen LogP contribution in [0.1, 0.15) is 22.3 Å². The molecule has 1 aromatic rings. The molecule has 0 heterocycles. The first kappa shape index (κ1) is 15.0. The summed E-state index contributed by atoms with van der Waals surface area (Å²) in [5.41, 5.74) is 0.561. The fourth-order valence-corrected chi connectivity index (χ4v) is 2.10. The van der Waals surface area contributed by atoms with Crippen molar-refractivity contribution in [3.8, 4) is 0 Å². The molecule has 0 amide bonds. The van der Waals surface area contributed by atoms with Crippen LogP contribution in [0, 0.1) is 5.82 Å². The summed E-state index contributed by atoms with van der Waals surface area (Å²) in [6.07, 6.45) is 3.09. The summed E-state index contributed by atoms with van der Waals surface area (Å²) in [4.78, 5) is 12.8. The van der Waals surface area contributed by atoms with E-state index in [1.54, 1.807) is 11.8 Å². The zero-order valence-electron chi connectivity index (χ0n) is 10.6. The Labute approximate surface area is 111 Å². The highest BCUT2D eigenvalue weighted by molar-refractivity contribution is 7.98. The number of aromatic carboxylic acids is 1. The maximum Gasteiger partial charge on any atom is 0.335 e. The highest BCUT2D eigenvalue weighted by Crippen LogP contribution is 2.13. The van der Waals surface area contributed by atoms with E-state index in [0.29, 0.717) is 12.1 Å². The van der Waals surface area contributed by atoms with Gasteiger partial charge in [-0.1, -0.05) is 0 Å². The van der Waals surface area contributed by atoms with E-state index in [9.17, 15) is 9.18 Å². The van der Waals surface area contributed by atoms with Crippen molar-refractivity contribution in [2.24, 2.45) is 0 Å². The summed E-state index contributed by atoms with van der Waals surface area (Å²) in [5.74, 6) is -0.305. The number of thioether (sulfide) groups is 1. The molecule has 100 valence electrons. The lowest BCUT2D eigenvalue weighted by atomic mass is 10.1. The van der Waals surface area contributed by atoms with Crippen molar-refractivity contribution >= 4 is 17.7 Å². The molecular weight excluding hydrogens is 253 g/mol. The standard InChI is InChI=1S/C13H18FNO2S/c1-15(6-3-7-18-2)9-11-8-10(13(16)17)4-5-12(11)14/h4-5,8H,3,6-7,9H2,1-2H3,(H,16,17). The van der Waals surface area contributed by atoms with Gasteiger partial charge in [0.15, 0.2) is 0 Å². The lowest BCUT2D eigenvalue weighted by Gasteiger charge is -2.17. The molecule has 0 atom stereocenters. The van der Waals surface area contributed by atoms with E-state index in [-0.39, 0.29) is 11.4 Å². The molecule has 0 saturated heterocycles. The van der Waals surface area contributed by atoms with Crippen molar-refractivity contribution in [1.82, 2.24) is 4.90 Å². The molecule has 0 saturated carbocycles. The van der Waals surface area contributed by atoms with E-state index >= 15 is 0 Å². The Balaban J connectivity index is 2.65. The normalized spacial score (nSPS) is 10.9. The largest absolute Gasteiger partial charge is 0.478 e. The monoisotopic (exact) mass is 271 g/mol. The molecule has 0 spiro atoms. The summed E-state index contributed by atoms with van der Waals surface area (Å²) in [6.45, 7) is 1.30. The van der Waals surface area contributed by atoms with Gasteiger partial charge in [0.05, 0.1) is 5.56 Å². The van der Waals surface area contributed by atoms with E-state index in [2.05, 4.69) is 6.26 Å². The molecule has 0 unspecified atom stereocenters. The second-order valence-corrected chi connectivity index (χ2v) is 5.18. The molecule has 0 aliphatic carbocycles. The van der Waals surface area contributed by atoms with Crippen LogP contribution in [0.4, 0.5) is 4.39 Å². The maximum atomic E-state index is 13.6. The van der Waals surface area contributed by atoms with Crippen LogP contribution < -0.4 is 0 Å². The van der Waals surface area contributed by atoms with E-state index in [0.717, 1.165) is 18.7 Å². The first-order valence-electron chi connectivity index (χ1n) is 5.73. The average Bonchev–Trinajstić information content (AvgIpc) is 2.32. The number of benzene rings is 1. The van der Waals surface area contributed by atoms with Gasteiger partial charge >= 0.3 is 5.97 Å². The van der Waals surface area contributed by atoms with Gasteiger partial charge < -0.3 is 10.0 Å². The summed E-state index contributed by atoms with van der Waals surface area (Å²) in [7, 11) is 1.91. The molecule has 0 aliphatic rings. The molecule has 0 radical (unpaired) electrons. The predicted octanol–water partition coefficient (Wildman–Crippen LogP) is 2.71. The number of rotatable bonds is 7. The first-order valence-corrected chi connectivity index (χ1v) is 7.13. The molecule has 0 aromatic heterocycles. The van der Waals surface area contributed by atoms with Crippen molar-refractivity contribution in [2.45, 2.75) is 13.0 Å². The van der Waals surface area contributed by atoms with E-state index in [4.69, 9.17) is 5.11 Å². The third kappa shape index (κ3) is 4.66. The van der Waals surface area contributed by atoms with Crippen LogP contribution in [-0.4, -0.2) is 41.6 Å². The Morgan fingerprint density at radius 2 is 2.22 bits per heavy atom. The maximum absolute atomic E-state index is 13.6. The number of nitrogens with zero attached hydrogens (tertiary/aromatic N) is 1. The summed E-state index contributed by atoms with van der Waals surface area (Å²) < 4.78 is 13.6. The van der Waals surface area contributed by atoms with Crippen molar-refractivity contribution < 1.29 is 14.3 Å². The minimum absolute atomic E-state index is 0.129. The van der Waals surface area contributed by atoms with Crippen LogP contribution >= 0.6 is 11.8 Å². The van der Waals surface area contributed by atoms with Crippen LogP contribution in [0.25, 0.3) is 0 Å². The highest BCUT2D eigenvalue weighted by Gasteiger charge is 2.10. The number of carbonyl (C=O) groups is 1. The summed E-state index contributed by atoms with van der Waals surface area (Å²) in [5, 5.41) is 8.87. The van der Waals surface area contributed by atoms with Crippen LogP contribution in [0.15, 0.2) is 18.2 Å². The average molecular weight is 271 g/mol. The zero-order chi connectivity index (χ0) is 13.5. The molecule has 18 heavy (non-hydrogen) atoms. The minimum atomic E-state index is -1.03. The fraction of sp³-hybridized carbons (Fsp3) is 0.462. The van der Waals surface area contributed by atoms with Crippen LogP contribution in [-0.2, 0) is 6.54 Å². The van der Waals surface area contributed by atoms with Gasteiger partial charge in [0.1, 0.15) is 5.82 Å². The van der Waals surface area contributed by atoms with Gasteiger partial charge in [-0.2, -0.15) is 11.8 Å². The van der Waals surface area contributed by atoms with E-state index in [1.807, 2.05) is 11.9 Å². The van der Waals surface area contributed by atoms with Gasteiger partial charge in [-0.3, -0.25) is 0 Å². The van der Waals surface area contributed by atoms with Gasteiger partial charge in [0.25, 0.3) is 0 Å². The van der Waals surface area contributed by atoms with Crippen LogP contribution in [0.2, 0.25) is 0 Å². The molecule has 1 rings (SSSR count). The van der Waals surface area contributed by atoms with Gasteiger partial charge in [-0.05, 0) is 50.2 Å². The zero-order valence-corrected chi connectivity index (χ0v) is 11.5. The SMILES string of the molecule is CSCCCN(C)Cc1cc(C(=O)O)ccc1F.